The van der Waals surface area contributed by atoms with Crippen LogP contribution in [0.15, 0.2) is 52.5 Å². The number of hydrogen-bond acceptors (Lipinski definition) is 5. The molecule has 0 unspecified atom stereocenters. The predicted octanol–water partition coefficient (Wildman–Crippen LogP) is 3.91. The molecule has 1 heterocycles. The van der Waals surface area contributed by atoms with E-state index in [4.69, 9.17) is 9.47 Å². The molecule has 2 aromatic rings. The van der Waals surface area contributed by atoms with Crippen LogP contribution in [0, 0.1) is 0 Å². The minimum atomic E-state index is -0.786. The number of carbonyl (C=O) groups is 3. The molecule has 0 radical (unpaired) electrons. The van der Waals surface area contributed by atoms with Gasteiger partial charge in [0, 0.05) is 0 Å². The second-order valence-electron chi connectivity index (χ2n) is 5.99. The number of rotatable bonds is 6. The molecule has 7 nitrogen and oxygen atoms in total. The van der Waals surface area contributed by atoms with Crippen molar-refractivity contribution in [1.29, 1.82) is 0 Å². The lowest BCUT2D eigenvalue weighted by Crippen LogP contribution is -2.54. The lowest BCUT2D eigenvalue weighted by molar-refractivity contribution is -0.122. The van der Waals surface area contributed by atoms with Crippen LogP contribution in [0.4, 0.5) is 10.5 Å². The van der Waals surface area contributed by atoms with E-state index in [-0.39, 0.29) is 5.57 Å². The van der Waals surface area contributed by atoms with Gasteiger partial charge in [0.25, 0.3) is 11.8 Å². The van der Waals surface area contributed by atoms with Crippen LogP contribution in [0.3, 0.4) is 0 Å². The zero-order chi connectivity index (χ0) is 21.0. The van der Waals surface area contributed by atoms with Gasteiger partial charge in [0.05, 0.1) is 23.4 Å². The molecule has 0 saturated carbocycles. The van der Waals surface area contributed by atoms with Gasteiger partial charge in [-0.1, -0.05) is 18.2 Å². The van der Waals surface area contributed by atoms with Gasteiger partial charge in [-0.25, -0.2) is 9.69 Å². The van der Waals surface area contributed by atoms with E-state index in [0.717, 1.165) is 4.90 Å². The number of nitrogens with one attached hydrogen (secondary N) is 1. The van der Waals surface area contributed by atoms with Crippen molar-refractivity contribution in [3.05, 3.63) is 58.1 Å². The Bertz CT molecular complexity index is 988. The smallest absolute Gasteiger partial charge is 0.335 e. The molecule has 0 aliphatic carbocycles. The normalized spacial score (nSPS) is 15.5. The van der Waals surface area contributed by atoms with Gasteiger partial charge in [-0.2, -0.15) is 0 Å². The largest absolute Gasteiger partial charge is 0.490 e. The summed E-state index contributed by atoms with van der Waals surface area (Å²) in [6.07, 6.45) is 1.42. The van der Waals surface area contributed by atoms with Gasteiger partial charge >= 0.3 is 6.03 Å². The summed E-state index contributed by atoms with van der Waals surface area (Å²) in [5.41, 5.74) is 0.757. The van der Waals surface area contributed by atoms with Gasteiger partial charge in [-0.05, 0) is 65.7 Å². The second kappa shape index (κ2) is 8.91. The fourth-order valence-corrected chi connectivity index (χ4v) is 3.43. The van der Waals surface area contributed by atoms with Crippen LogP contribution >= 0.6 is 15.9 Å². The molecule has 4 amide bonds. The standard InChI is InChI=1S/C21H19BrN2O5/c1-3-28-17-12-13(11-16(22)18(17)29-4-2)10-15-19(25)23-21(27)24(20(15)26)14-8-6-5-7-9-14/h5-12H,3-4H2,1-2H3,(H,23,25,27)/b15-10+. The number of imide groups is 2. The first-order valence-electron chi connectivity index (χ1n) is 9.01. The summed E-state index contributed by atoms with van der Waals surface area (Å²) in [4.78, 5) is 38.4. The molecule has 2 aromatic carbocycles. The maximum Gasteiger partial charge on any atom is 0.335 e. The molecule has 1 aliphatic heterocycles. The van der Waals surface area contributed by atoms with Crippen molar-refractivity contribution in [3.63, 3.8) is 0 Å². The zero-order valence-corrected chi connectivity index (χ0v) is 17.5. The number of benzene rings is 2. The number of para-hydroxylation sites is 1. The van der Waals surface area contributed by atoms with Crippen LogP contribution in [0.25, 0.3) is 6.08 Å². The molecular formula is C21H19BrN2O5. The molecule has 8 heteroatoms. The minimum absolute atomic E-state index is 0.160. The quantitative estimate of drug-likeness (QED) is 0.523. The van der Waals surface area contributed by atoms with Gasteiger partial charge in [0.2, 0.25) is 0 Å². The van der Waals surface area contributed by atoms with Crippen LogP contribution in [0.1, 0.15) is 19.4 Å². The summed E-state index contributed by atoms with van der Waals surface area (Å²) in [7, 11) is 0. The van der Waals surface area contributed by atoms with Crippen LogP contribution in [-0.4, -0.2) is 31.1 Å². The third-order valence-corrected chi connectivity index (χ3v) is 4.64. The van der Waals surface area contributed by atoms with Gasteiger partial charge < -0.3 is 9.47 Å². The topological polar surface area (TPSA) is 84.9 Å². The number of barbiturate groups is 1. The minimum Gasteiger partial charge on any atom is -0.490 e. The number of carbonyl (C=O) groups excluding carboxylic acids is 3. The molecule has 150 valence electrons. The molecule has 1 saturated heterocycles. The number of ether oxygens (including phenoxy) is 2. The van der Waals surface area contributed by atoms with Crippen LogP contribution < -0.4 is 19.7 Å². The van der Waals surface area contributed by atoms with E-state index >= 15 is 0 Å². The van der Waals surface area contributed by atoms with E-state index in [9.17, 15) is 14.4 Å². The molecule has 3 rings (SSSR count). The first-order valence-corrected chi connectivity index (χ1v) is 9.81. The van der Waals surface area contributed by atoms with Crippen LogP contribution in [0.2, 0.25) is 0 Å². The fourth-order valence-electron chi connectivity index (χ4n) is 2.85. The highest BCUT2D eigenvalue weighted by molar-refractivity contribution is 9.10. The monoisotopic (exact) mass is 458 g/mol. The Balaban J connectivity index is 2.03. The van der Waals surface area contributed by atoms with E-state index in [1.807, 2.05) is 13.8 Å². The molecular weight excluding hydrogens is 440 g/mol. The van der Waals surface area contributed by atoms with E-state index in [0.29, 0.717) is 40.4 Å². The number of hydrogen-bond donors (Lipinski definition) is 1. The van der Waals surface area contributed by atoms with E-state index in [2.05, 4.69) is 21.2 Å². The molecule has 1 aliphatic rings. The summed E-state index contributed by atoms with van der Waals surface area (Å²) >= 11 is 3.44. The number of urea groups is 1. The highest BCUT2D eigenvalue weighted by Crippen LogP contribution is 2.37. The number of nitrogens with zero attached hydrogens (tertiary/aromatic N) is 1. The predicted molar refractivity (Wildman–Crippen MR) is 112 cm³/mol. The lowest BCUT2D eigenvalue weighted by Gasteiger charge is -2.26. The highest BCUT2D eigenvalue weighted by Gasteiger charge is 2.36. The Hall–Kier alpha value is -3.13. The van der Waals surface area contributed by atoms with Gasteiger partial charge in [-0.3, -0.25) is 14.9 Å². The van der Waals surface area contributed by atoms with Crippen molar-refractivity contribution < 1.29 is 23.9 Å². The third kappa shape index (κ3) is 4.32. The van der Waals surface area contributed by atoms with Crippen molar-refractivity contribution in [2.45, 2.75) is 13.8 Å². The highest BCUT2D eigenvalue weighted by atomic mass is 79.9. The zero-order valence-electron chi connectivity index (χ0n) is 15.9. The Morgan fingerprint density at radius 1 is 1.03 bits per heavy atom. The van der Waals surface area contributed by atoms with Gasteiger partial charge in [-0.15, -0.1) is 0 Å². The van der Waals surface area contributed by atoms with Gasteiger partial charge in [0.15, 0.2) is 11.5 Å². The summed E-state index contributed by atoms with van der Waals surface area (Å²) in [6.45, 7) is 4.57. The Labute approximate surface area is 176 Å². The summed E-state index contributed by atoms with van der Waals surface area (Å²) < 4.78 is 11.9. The number of amides is 4. The number of halogens is 1. The first-order chi connectivity index (χ1) is 14.0. The van der Waals surface area contributed by atoms with Crippen LogP contribution in [-0.2, 0) is 9.59 Å². The molecule has 0 spiro atoms. The Kier molecular flexibility index (Phi) is 6.33. The first kappa shape index (κ1) is 20.6. The maximum absolute atomic E-state index is 12.9. The average molecular weight is 459 g/mol. The fraction of sp³-hybridized carbons (Fsp3) is 0.190. The van der Waals surface area contributed by atoms with Crippen molar-refractivity contribution in [2.24, 2.45) is 0 Å². The van der Waals surface area contributed by atoms with Crippen molar-refractivity contribution in [3.8, 4) is 11.5 Å². The summed E-state index contributed by atoms with van der Waals surface area (Å²) in [6, 6.07) is 11.0. The third-order valence-electron chi connectivity index (χ3n) is 4.05. The van der Waals surface area contributed by atoms with E-state index < -0.39 is 17.8 Å². The average Bonchev–Trinajstić information content (AvgIpc) is 2.69. The van der Waals surface area contributed by atoms with E-state index in [1.54, 1.807) is 42.5 Å². The van der Waals surface area contributed by atoms with Crippen molar-refractivity contribution >= 4 is 45.5 Å². The lowest BCUT2D eigenvalue weighted by atomic mass is 10.1. The molecule has 1 N–H and O–H groups in total. The molecule has 0 atom stereocenters. The van der Waals surface area contributed by atoms with Crippen molar-refractivity contribution in [2.75, 3.05) is 18.1 Å². The van der Waals surface area contributed by atoms with Crippen molar-refractivity contribution in [1.82, 2.24) is 5.32 Å². The van der Waals surface area contributed by atoms with Gasteiger partial charge in [0.1, 0.15) is 5.57 Å². The Morgan fingerprint density at radius 2 is 1.72 bits per heavy atom. The van der Waals surface area contributed by atoms with Crippen LogP contribution in [0.5, 0.6) is 11.5 Å². The number of anilines is 1. The second-order valence-corrected chi connectivity index (χ2v) is 6.84. The molecule has 29 heavy (non-hydrogen) atoms. The summed E-state index contributed by atoms with van der Waals surface area (Å²) in [5.74, 6) is -0.435. The molecule has 1 fully saturated rings. The SMILES string of the molecule is CCOc1cc(/C=C2\C(=O)NC(=O)N(c3ccccc3)C2=O)cc(Br)c1OCC. The van der Waals surface area contributed by atoms with E-state index in [1.165, 1.54) is 6.08 Å². The summed E-state index contributed by atoms with van der Waals surface area (Å²) in [5, 5.41) is 2.21. The molecule has 0 bridgehead atoms. The maximum atomic E-state index is 12.9. The molecule has 0 aromatic heterocycles. The Morgan fingerprint density at radius 3 is 2.38 bits per heavy atom.